The van der Waals surface area contributed by atoms with Gasteiger partial charge < -0.3 is 4.74 Å². The van der Waals surface area contributed by atoms with Crippen LogP contribution in [0.2, 0.25) is 0 Å². The molecular formula is C14H22N2O2S. The van der Waals surface area contributed by atoms with Crippen molar-refractivity contribution in [2.24, 2.45) is 13.0 Å². The van der Waals surface area contributed by atoms with Crippen LogP contribution in [-0.4, -0.2) is 33.4 Å². The smallest absolute Gasteiger partial charge is 0.309 e. The van der Waals surface area contributed by atoms with Crippen molar-refractivity contribution >= 4 is 17.7 Å². The molecule has 2 heterocycles. The van der Waals surface area contributed by atoms with Crippen LogP contribution in [0.3, 0.4) is 0 Å². The van der Waals surface area contributed by atoms with Crippen LogP contribution < -0.4 is 0 Å². The summed E-state index contributed by atoms with van der Waals surface area (Å²) >= 11 is 1.86. The number of carbonyl (C=O) groups is 1. The second kappa shape index (κ2) is 5.99. The van der Waals surface area contributed by atoms with E-state index in [0.29, 0.717) is 6.42 Å². The molecule has 2 atom stereocenters. The molecule has 1 aromatic heterocycles. The summed E-state index contributed by atoms with van der Waals surface area (Å²) in [6.07, 6.45) is 1.83. The lowest BCUT2D eigenvalue weighted by molar-refractivity contribution is -0.152. The van der Waals surface area contributed by atoms with E-state index in [1.807, 2.05) is 44.3 Å². The molecule has 0 aromatic carbocycles. The summed E-state index contributed by atoms with van der Waals surface area (Å²) in [7, 11) is 1.94. The van der Waals surface area contributed by atoms with Gasteiger partial charge in [-0.05, 0) is 38.0 Å². The average Bonchev–Trinajstić information content (AvgIpc) is 2.94. The van der Waals surface area contributed by atoms with E-state index in [1.54, 1.807) is 0 Å². The molecule has 4 nitrogen and oxygen atoms in total. The van der Waals surface area contributed by atoms with Crippen molar-refractivity contribution in [3.8, 4) is 0 Å². The lowest BCUT2D eigenvalue weighted by atomic mass is 10.00. The van der Waals surface area contributed by atoms with Crippen LogP contribution in [0.5, 0.6) is 0 Å². The standard InChI is InChI=1S/C14H22N2O2S/c1-9(14(17)18-12-5-6-19-8-12)7-13-10(2)15-16(4)11(13)3/h9,12H,5-8H2,1-4H3. The summed E-state index contributed by atoms with van der Waals surface area (Å²) in [5.74, 6) is 1.87. The van der Waals surface area contributed by atoms with Gasteiger partial charge in [0.2, 0.25) is 0 Å². The van der Waals surface area contributed by atoms with E-state index < -0.39 is 0 Å². The lowest BCUT2D eigenvalue weighted by Crippen LogP contribution is -2.24. The maximum absolute atomic E-state index is 12.1. The quantitative estimate of drug-likeness (QED) is 0.795. The fourth-order valence-electron chi connectivity index (χ4n) is 2.39. The maximum atomic E-state index is 12.1. The van der Waals surface area contributed by atoms with Gasteiger partial charge in [0.25, 0.3) is 0 Å². The zero-order valence-corrected chi connectivity index (χ0v) is 12.9. The highest BCUT2D eigenvalue weighted by Crippen LogP contribution is 2.23. The van der Waals surface area contributed by atoms with Crippen LogP contribution in [0.4, 0.5) is 0 Å². The summed E-state index contributed by atoms with van der Waals surface area (Å²) in [5.41, 5.74) is 3.32. The number of nitrogens with zero attached hydrogens (tertiary/aromatic N) is 2. The molecule has 0 radical (unpaired) electrons. The Kier molecular flexibility index (Phi) is 4.55. The van der Waals surface area contributed by atoms with E-state index in [1.165, 1.54) is 5.56 Å². The van der Waals surface area contributed by atoms with Gasteiger partial charge in [0, 0.05) is 18.5 Å². The Balaban J connectivity index is 1.95. The Bertz CT molecular complexity index is 464. The van der Waals surface area contributed by atoms with E-state index >= 15 is 0 Å². The first kappa shape index (κ1) is 14.4. The van der Waals surface area contributed by atoms with Crippen molar-refractivity contribution in [1.82, 2.24) is 9.78 Å². The molecule has 1 aromatic rings. The first-order valence-corrected chi connectivity index (χ1v) is 7.91. The molecule has 1 fully saturated rings. The molecule has 0 N–H and O–H groups in total. The van der Waals surface area contributed by atoms with Gasteiger partial charge in [-0.1, -0.05) is 6.92 Å². The maximum Gasteiger partial charge on any atom is 0.309 e. The number of hydrogen-bond acceptors (Lipinski definition) is 4. The second-order valence-electron chi connectivity index (χ2n) is 5.30. The largest absolute Gasteiger partial charge is 0.461 e. The lowest BCUT2D eigenvalue weighted by Gasteiger charge is -2.15. The minimum atomic E-state index is -0.104. The Hall–Kier alpha value is -0.970. The van der Waals surface area contributed by atoms with Crippen molar-refractivity contribution in [2.45, 2.75) is 39.7 Å². The van der Waals surface area contributed by atoms with Gasteiger partial charge in [0.05, 0.1) is 11.6 Å². The fourth-order valence-corrected chi connectivity index (χ4v) is 3.48. The fraction of sp³-hybridized carbons (Fsp3) is 0.714. The third-order valence-electron chi connectivity index (χ3n) is 3.74. The molecule has 2 rings (SSSR count). The van der Waals surface area contributed by atoms with Gasteiger partial charge >= 0.3 is 5.97 Å². The Labute approximate surface area is 118 Å². The van der Waals surface area contributed by atoms with Gasteiger partial charge in [0.1, 0.15) is 6.10 Å². The normalized spacial score (nSPS) is 20.5. The molecule has 0 saturated carbocycles. The van der Waals surface area contributed by atoms with E-state index in [0.717, 1.165) is 29.3 Å². The van der Waals surface area contributed by atoms with Gasteiger partial charge in [-0.2, -0.15) is 16.9 Å². The van der Waals surface area contributed by atoms with Gasteiger partial charge in [0.15, 0.2) is 0 Å². The average molecular weight is 282 g/mol. The molecule has 0 spiro atoms. The summed E-state index contributed by atoms with van der Waals surface area (Å²) in [6.45, 7) is 5.98. The monoisotopic (exact) mass is 282 g/mol. The molecule has 0 aliphatic carbocycles. The van der Waals surface area contributed by atoms with Crippen LogP contribution in [-0.2, 0) is 23.0 Å². The molecule has 0 amide bonds. The van der Waals surface area contributed by atoms with E-state index in [9.17, 15) is 4.79 Å². The number of rotatable bonds is 4. The van der Waals surface area contributed by atoms with Crippen LogP contribution >= 0.6 is 11.8 Å². The Morgan fingerprint density at radius 3 is 2.84 bits per heavy atom. The van der Waals surface area contributed by atoms with Gasteiger partial charge in [-0.15, -0.1) is 0 Å². The van der Waals surface area contributed by atoms with Gasteiger partial charge in [-0.3, -0.25) is 9.48 Å². The van der Waals surface area contributed by atoms with E-state index in [2.05, 4.69) is 5.10 Å². The number of thioether (sulfide) groups is 1. The van der Waals surface area contributed by atoms with E-state index in [4.69, 9.17) is 4.74 Å². The zero-order chi connectivity index (χ0) is 14.0. The molecule has 0 bridgehead atoms. The summed E-state index contributed by atoms with van der Waals surface area (Å²) in [5, 5.41) is 4.39. The summed E-state index contributed by atoms with van der Waals surface area (Å²) in [4.78, 5) is 12.1. The first-order chi connectivity index (χ1) is 8.99. The number of ether oxygens (including phenoxy) is 1. The van der Waals surface area contributed by atoms with E-state index in [-0.39, 0.29) is 18.0 Å². The highest BCUT2D eigenvalue weighted by molar-refractivity contribution is 7.99. The molecule has 1 aliphatic heterocycles. The van der Waals surface area contributed by atoms with Crippen molar-refractivity contribution in [3.63, 3.8) is 0 Å². The number of aromatic nitrogens is 2. The number of esters is 1. The third-order valence-corrected chi connectivity index (χ3v) is 4.87. The highest BCUT2D eigenvalue weighted by atomic mass is 32.2. The van der Waals surface area contributed by atoms with Gasteiger partial charge in [-0.25, -0.2) is 0 Å². The van der Waals surface area contributed by atoms with Crippen molar-refractivity contribution < 1.29 is 9.53 Å². The van der Waals surface area contributed by atoms with Crippen LogP contribution in [0.25, 0.3) is 0 Å². The predicted octanol–water partition coefficient (Wildman–Crippen LogP) is 2.26. The van der Waals surface area contributed by atoms with Crippen LogP contribution in [0.15, 0.2) is 0 Å². The number of hydrogen-bond donors (Lipinski definition) is 0. The highest BCUT2D eigenvalue weighted by Gasteiger charge is 2.24. The Morgan fingerprint density at radius 1 is 1.58 bits per heavy atom. The van der Waals surface area contributed by atoms with Crippen molar-refractivity contribution in [3.05, 3.63) is 17.0 Å². The predicted molar refractivity (Wildman–Crippen MR) is 77.4 cm³/mol. The SMILES string of the molecule is Cc1nn(C)c(C)c1CC(C)C(=O)OC1CCSC1. The topological polar surface area (TPSA) is 44.1 Å². The second-order valence-corrected chi connectivity index (χ2v) is 6.45. The molecule has 19 heavy (non-hydrogen) atoms. The summed E-state index contributed by atoms with van der Waals surface area (Å²) < 4.78 is 7.42. The third kappa shape index (κ3) is 3.32. The molecule has 1 saturated heterocycles. The molecule has 2 unspecified atom stereocenters. The molecule has 5 heteroatoms. The summed E-state index contributed by atoms with van der Waals surface area (Å²) in [6, 6.07) is 0. The minimum absolute atomic E-state index is 0.0739. The van der Waals surface area contributed by atoms with Crippen LogP contribution in [0.1, 0.15) is 30.3 Å². The molecular weight excluding hydrogens is 260 g/mol. The van der Waals surface area contributed by atoms with Crippen LogP contribution in [0, 0.1) is 19.8 Å². The number of carbonyl (C=O) groups excluding carboxylic acids is 1. The Morgan fingerprint density at radius 2 is 2.32 bits per heavy atom. The molecule has 1 aliphatic rings. The first-order valence-electron chi connectivity index (χ1n) is 6.76. The van der Waals surface area contributed by atoms with Crippen molar-refractivity contribution in [2.75, 3.05) is 11.5 Å². The minimum Gasteiger partial charge on any atom is -0.461 e. The zero-order valence-electron chi connectivity index (χ0n) is 12.1. The number of aryl methyl sites for hydroxylation is 2. The molecule has 106 valence electrons. The van der Waals surface area contributed by atoms with Crippen molar-refractivity contribution in [1.29, 1.82) is 0 Å².